The Balaban J connectivity index is 1.82. The highest BCUT2D eigenvalue weighted by Crippen LogP contribution is 2.26. The summed E-state index contributed by atoms with van der Waals surface area (Å²) in [5, 5.41) is 6.06. The first-order valence-electron chi connectivity index (χ1n) is 9.61. The average molecular weight is 423 g/mol. The van der Waals surface area contributed by atoms with Gasteiger partial charge in [0.2, 0.25) is 0 Å². The molecule has 3 aromatic rings. The number of benzene rings is 3. The van der Waals surface area contributed by atoms with Crippen LogP contribution in [-0.2, 0) is 6.61 Å². The van der Waals surface area contributed by atoms with Crippen LogP contribution in [0.5, 0.6) is 5.75 Å². The summed E-state index contributed by atoms with van der Waals surface area (Å²) in [6.07, 6.45) is 0. The van der Waals surface area contributed by atoms with Crippen LogP contribution in [0.15, 0.2) is 72.8 Å². The van der Waals surface area contributed by atoms with Crippen LogP contribution < -0.4 is 15.4 Å². The molecule has 0 fully saturated rings. The standard InChI is InChI=1S/C24H23ClN2O3/c1-16(2)26-23(28)19-10-6-7-11-21(19)27-24(29)20-14-18(25)12-13-22(20)30-15-17-8-4-3-5-9-17/h3-14,16H,15H2,1-2H3,(H,26,28)(H,27,29). The molecule has 3 rings (SSSR count). The van der Waals surface area contributed by atoms with Gasteiger partial charge in [0.05, 0.1) is 16.8 Å². The van der Waals surface area contributed by atoms with E-state index in [0.717, 1.165) is 5.56 Å². The highest BCUT2D eigenvalue weighted by Gasteiger charge is 2.18. The molecule has 6 heteroatoms. The van der Waals surface area contributed by atoms with Crippen molar-refractivity contribution in [1.29, 1.82) is 0 Å². The van der Waals surface area contributed by atoms with Crippen molar-refractivity contribution in [3.8, 4) is 5.75 Å². The van der Waals surface area contributed by atoms with Gasteiger partial charge in [-0.25, -0.2) is 0 Å². The molecule has 2 N–H and O–H groups in total. The zero-order valence-corrected chi connectivity index (χ0v) is 17.6. The minimum absolute atomic E-state index is 0.0211. The van der Waals surface area contributed by atoms with Gasteiger partial charge in [-0.3, -0.25) is 9.59 Å². The first kappa shape index (κ1) is 21.4. The Hall–Kier alpha value is -3.31. The largest absolute Gasteiger partial charge is 0.488 e. The molecule has 0 aromatic heterocycles. The van der Waals surface area contributed by atoms with E-state index in [2.05, 4.69) is 10.6 Å². The van der Waals surface area contributed by atoms with E-state index in [4.69, 9.17) is 16.3 Å². The van der Waals surface area contributed by atoms with Gasteiger partial charge in [-0.05, 0) is 49.7 Å². The van der Waals surface area contributed by atoms with Gasteiger partial charge in [0.15, 0.2) is 0 Å². The summed E-state index contributed by atoms with van der Waals surface area (Å²) in [7, 11) is 0. The Morgan fingerprint density at radius 3 is 2.33 bits per heavy atom. The second-order valence-corrected chi connectivity index (χ2v) is 7.48. The van der Waals surface area contributed by atoms with Gasteiger partial charge < -0.3 is 15.4 Å². The third-order valence-electron chi connectivity index (χ3n) is 4.26. The summed E-state index contributed by atoms with van der Waals surface area (Å²) in [5.41, 5.74) is 2.06. The molecule has 0 atom stereocenters. The Morgan fingerprint density at radius 1 is 0.900 bits per heavy atom. The summed E-state index contributed by atoms with van der Waals surface area (Å²) in [5.74, 6) is -0.261. The zero-order chi connectivity index (χ0) is 21.5. The van der Waals surface area contributed by atoms with Gasteiger partial charge in [-0.15, -0.1) is 0 Å². The summed E-state index contributed by atoms with van der Waals surface area (Å²) in [4.78, 5) is 25.5. The number of hydrogen-bond donors (Lipinski definition) is 2. The number of carbonyl (C=O) groups is 2. The van der Waals surface area contributed by atoms with Gasteiger partial charge in [0, 0.05) is 11.1 Å². The van der Waals surface area contributed by atoms with E-state index in [9.17, 15) is 9.59 Å². The van der Waals surface area contributed by atoms with Crippen LogP contribution in [0.1, 0.15) is 40.1 Å². The lowest BCUT2D eigenvalue weighted by atomic mass is 10.1. The van der Waals surface area contributed by atoms with E-state index in [0.29, 0.717) is 28.6 Å². The summed E-state index contributed by atoms with van der Waals surface area (Å²) < 4.78 is 5.87. The van der Waals surface area contributed by atoms with Crippen LogP contribution >= 0.6 is 11.6 Å². The van der Waals surface area contributed by atoms with Crippen LogP contribution in [0.3, 0.4) is 0 Å². The second-order valence-electron chi connectivity index (χ2n) is 7.04. The molecule has 5 nitrogen and oxygen atoms in total. The van der Waals surface area contributed by atoms with Crippen molar-refractivity contribution in [2.45, 2.75) is 26.5 Å². The Kier molecular flexibility index (Phi) is 7.09. The fourth-order valence-corrected chi connectivity index (χ4v) is 3.03. The molecule has 0 spiro atoms. The number of para-hydroxylation sites is 1. The molecule has 0 saturated carbocycles. The minimum atomic E-state index is -0.412. The number of rotatable bonds is 7. The van der Waals surface area contributed by atoms with Crippen molar-refractivity contribution in [2.24, 2.45) is 0 Å². The molecular formula is C24H23ClN2O3. The van der Waals surface area contributed by atoms with Gasteiger partial charge in [-0.2, -0.15) is 0 Å². The molecule has 0 heterocycles. The maximum atomic E-state index is 13.0. The highest BCUT2D eigenvalue weighted by atomic mass is 35.5. The smallest absolute Gasteiger partial charge is 0.259 e. The fourth-order valence-electron chi connectivity index (χ4n) is 2.86. The SMILES string of the molecule is CC(C)NC(=O)c1ccccc1NC(=O)c1cc(Cl)ccc1OCc1ccccc1. The maximum absolute atomic E-state index is 13.0. The van der Waals surface area contributed by atoms with Crippen LogP contribution in [-0.4, -0.2) is 17.9 Å². The molecule has 0 saturated heterocycles. The lowest BCUT2D eigenvalue weighted by molar-refractivity contribution is 0.0944. The highest BCUT2D eigenvalue weighted by molar-refractivity contribution is 6.31. The first-order valence-corrected chi connectivity index (χ1v) is 9.99. The average Bonchev–Trinajstić information content (AvgIpc) is 2.73. The molecule has 0 aliphatic rings. The molecule has 30 heavy (non-hydrogen) atoms. The predicted molar refractivity (Wildman–Crippen MR) is 119 cm³/mol. The molecule has 0 unspecified atom stereocenters. The predicted octanol–water partition coefficient (Wildman–Crippen LogP) is 5.31. The summed E-state index contributed by atoms with van der Waals surface area (Å²) in [6.45, 7) is 4.07. The molecule has 0 radical (unpaired) electrons. The maximum Gasteiger partial charge on any atom is 0.259 e. The Labute approximate surface area is 181 Å². The van der Waals surface area contributed by atoms with Crippen LogP contribution in [0, 0.1) is 0 Å². The molecule has 3 aromatic carbocycles. The first-order chi connectivity index (χ1) is 14.4. The van der Waals surface area contributed by atoms with Crippen LogP contribution in [0.2, 0.25) is 5.02 Å². The molecule has 154 valence electrons. The Morgan fingerprint density at radius 2 is 1.60 bits per heavy atom. The third kappa shape index (κ3) is 5.61. The normalized spacial score (nSPS) is 10.5. The van der Waals surface area contributed by atoms with Gasteiger partial charge in [-0.1, -0.05) is 54.1 Å². The quantitative estimate of drug-likeness (QED) is 0.542. The lowest BCUT2D eigenvalue weighted by Crippen LogP contribution is -2.31. The number of anilines is 1. The summed E-state index contributed by atoms with van der Waals surface area (Å²) >= 11 is 6.12. The number of halogens is 1. The van der Waals surface area contributed by atoms with Crippen molar-refractivity contribution in [1.82, 2.24) is 5.32 Å². The van der Waals surface area contributed by atoms with Crippen LogP contribution in [0.25, 0.3) is 0 Å². The van der Waals surface area contributed by atoms with Gasteiger partial charge in [0.1, 0.15) is 12.4 Å². The molecule has 0 aliphatic carbocycles. The molecule has 2 amide bonds. The minimum Gasteiger partial charge on any atom is -0.488 e. The van der Waals surface area contributed by atoms with Crippen molar-refractivity contribution in [2.75, 3.05) is 5.32 Å². The monoisotopic (exact) mass is 422 g/mol. The fraction of sp³-hybridized carbons (Fsp3) is 0.167. The van der Waals surface area contributed by atoms with Crippen molar-refractivity contribution >= 4 is 29.1 Å². The number of hydrogen-bond acceptors (Lipinski definition) is 3. The molecular weight excluding hydrogens is 400 g/mol. The van der Waals surface area contributed by atoms with E-state index >= 15 is 0 Å². The van der Waals surface area contributed by atoms with E-state index in [-0.39, 0.29) is 17.5 Å². The van der Waals surface area contributed by atoms with Crippen molar-refractivity contribution in [3.05, 3.63) is 94.5 Å². The van der Waals surface area contributed by atoms with Gasteiger partial charge >= 0.3 is 0 Å². The number of amides is 2. The van der Waals surface area contributed by atoms with Crippen molar-refractivity contribution < 1.29 is 14.3 Å². The zero-order valence-electron chi connectivity index (χ0n) is 16.8. The topological polar surface area (TPSA) is 67.4 Å². The Bertz CT molecular complexity index is 1040. The third-order valence-corrected chi connectivity index (χ3v) is 4.50. The van der Waals surface area contributed by atoms with Crippen LogP contribution in [0.4, 0.5) is 5.69 Å². The van der Waals surface area contributed by atoms with E-state index < -0.39 is 5.91 Å². The second kappa shape index (κ2) is 9.94. The van der Waals surface area contributed by atoms with E-state index in [1.165, 1.54) is 0 Å². The van der Waals surface area contributed by atoms with Crippen molar-refractivity contribution in [3.63, 3.8) is 0 Å². The molecule has 0 bridgehead atoms. The number of carbonyl (C=O) groups excluding carboxylic acids is 2. The lowest BCUT2D eigenvalue weighted by Gasteiger charge is -2.15. The van der Waals surface area contributed by atoms with E-state index in [1.54, 1.807) is 42.5 Å². The summed E-state index contributed by atoms with van der Waals surface area (Å²) in [6, 6.07) is 21.4. The number of nitrogens with one attached hydrogen (secondary N) is 2. The van der Waals surface area contributed by atoms with Gasteiger partial charge in [0.25, 0.3) is 11.8 Å². The molecule has 0 aliphatic heterocycles. The van der Waals surface area contributed by atoms with E-state index in [1.807, 2.05) is 44.2 Å². The number of ether oxygens (including phenoxy) is 1.